The van der Waals surface area contributed by atoms with Gasteiger partial charge in [-0.25, -0.2) is 4.98 Å². The summed E-state index contributed by atoms with van der Waals surface area (Å²) in [6, 6.07) is 0. The Morgan fingerprint density at radius 3 is 2.92 bits per heavy atom. The molecule has 0 spiro atoms. The van der Waals surface area contributed by atoms with E-state index in [2.05, 4.69) is 15.0 Å². The summed E-state index contributed by atoms with van der Waals surface area (Å²) in [5, 5.41) is 9.05. The summed E-state index contributed by atoms with van der Waals surface area (Å²) in [5.41, 5.74) is 0. The molecule has 2 heterocycles. The number of nitrogens with one attached hydrogen (secondary N) is 2. The molecule has 0 amide bonds. The third kappa shape index (κ3) is 1.02. The summed E-state index contributed by atoms with van der Waals surface area (Å²) in [5.74, 6) is 0.605. The fourth-order valence-corrected chi connectivity index (χ4v) is 1.17. The van der Waals surface area contributed by atoms with Gasteiger partial charge in [-0.15, -0.1) is 0 Å². The standard InChI is InChI=1S/C6H6N4OS/c11-4-3-10(6(12)9-4)5-7-1-2-8-5/h1-3,11H,(H,7,8)(H,9,12). The van der Waals surface area contributed by atoms with Gasteiger partial charge in [-0.2, -0.15) is 0 Å². The van der Waals surface area contributed by atoms with Crippen molar-refractivity contribution in [2.75, 3.05) is 0 Å². The lowest BCUT2D eigenvalue weighted by atomic mass is 10.8. The minimum absolute atomic E-state index is 0.0244. The highest BCUT2D eigenvalue weighted by molar-refractivity contribution is 7.71. The van der Waals surface area contributed by atoms with Crippen LogP contribution in [0.2, 0.25) is 0 Å². The van der Waals surface area contributed by atoms with E-state index in [0.717, 1.165) is 0 Å². The SMILES string of the molecule is Oc1cn(-c2ncc[nH]2)c(=S)[nH]1. The lowest BCUT2D eigenvalue weighted by Crippen LogP contribution is -1.93. The quantitative estimate of drug-likeness (QED) is 0.575. The maximum Gasteiger partial charge on any atom is 0.213 e. The molecule has 3 N–H and O–H groups in total. The summed E-state index contributed by atoms with van der Waals surface area (Å²) in [7, 11) is 0. The first-order valence-corrected chi connectivity index (χ1v) is 3.68. The monoisotopic (exact) mass is 182 g/mol. The second kappa shape index (κ2) is 2.49. The summed E-state index contributed by atoms with van der Waals surface area (Å²) >= 11 is 4.91. The Bertz CT molecular complexity index is 427. The van der Waals surface area contributed by atoms with E-state index in [1.165, 1.54) is 6.20 Å². The van der Waals surface area contributed by atoms with Gasteiger partial charge in [-0.3, -0.25) is 4.57 Å². The van der Waals surface area contributed by atoms with Crippen LogP contribution in [0.15, 0.2) is 18.6 Å². The van der Waals surface area contributed by atoms with Gasteiger partial charge in [0.25, 0.3) is 0 Å². The van der Waals surface area contributed by atoms with E-state index in [0.29, 0.717) is 10.7 Å². The molecule has 6 heteroatoms. The van der Waals surface area contributed by atoms with Crippen molar-refractivity contribution in [3.63, 3.8) is 0 Å². The van der Waals surface area contributed by atoms with Gasteiger partial charge in [0, 0.05) is 12.4 Å². The smallest absolute Gasteiger partial charge is 0.213 e. The zero-order valence-electron chi connectivity index (χ0n) is 5.98. The van der Waals surface area contributed by atoms with Crippen molar-refractivity contribution in [3.05, 3.63) is 23.4 Å². The van der Waals surface area contributed by atoms with E-state index in [1.807, 2.05) is 0 Å². The Labute approximate surface area is 72.7 Å². The molecule has 5 nitrogen and oxygen atoms in total. The van der Waals surface area contributed by atoms with E-state index < -0.39 is 0 Å². The number of aromatic hydroxyl groups is 1. The van der Waals surface area contributed by atoms with Crippen molar-refractivity contribution < 1.29 is 5.11 Å². The maximum absolute atomic E-state index is 9.05. The molecule has 0 aliphatic rings. The molecule has 0 fully saturated rings. The fraction of sp³-hybridized carbons (Fsp3) is 0. The van der Waals surface area contributed by atoms with Crippen molar-refractivity contribution in [1.82, 2.24) is 19.5 Å². The molecule has 2 aromatic heterocycles. The van der Waals surface area contributed by atoms with Crippen molar-refractivity contribution in [2.45, 2.75) is 0 Å². The second-order valence-corrected chi connectivity index (χ2v) is 2.61. The minimum Gasteiger partial charge on any atom is -0.493 e. The largest absolute Gasteiger partial charge is 0.493 e. The summed E-state index contributed by atoms with van der Waals surface area (Å²) < 4.78 is 1.95. The van der Waals surface area contributed by atoms with Crippen LogP contribution in [0.25, 0.3) is 5.95 Å². The van der Waals surface area contributed by atoms with E-state index in [4.69, 9.17) is 17.3 Å². The van der Waals surface area contributed by atoms with Crippen LogP contribution in [0.1, 0.15) is 0 Å². The first-order valence-electron chi connectivity index (χ1n) is 3.28. The lowest BCUT2D eigenvalue weighted by Gasteiger charge is -1.92. The molecule has 0 saturated heterocycles. The number of nitrogens with zero attached hydrogens (tertiary/aromatic N) is 2. The molecule has 2 aromatic rings. The lowest BCUT2D eigenvalue weighted by molar-refractivity contribution is 0.456. The molecule has 0 bridgehead atoms. The van der Waals surface area contributed by atoms with Crippen LogP contribution in [-0.4, -0.2) is 24.6 Å². The molecule has 0 aliphatic carbocycles. The molecule has 0 unspecified atom stereocenters. The summed E-state index contributed by atoms with van der Waals surface area (Å²) in [4.78, 5) is 9.40. The number of hydrogen-bond donors (Lipinski definition) is 3. The second-order valence-electron chi connectivity index (χ2n) is 2.23. The molecule has 12 heavy (non-hydrogen) atoms. The van der Waals surface area contributed by atoms with Crippen molar-refractivity contribution in [1.29, 1.82) is 0 Å². The average Bonchev–Trinajstić information content (AvgIpc) is 2.58. The molecular formula is C6H6N4OS. The van der Waals surface area contributed by atoms with Gasteiger partial charge in [0.15, 0.2) is 4.77 Å². The Balaban J connectivity index is 2.61. The molecule has 0 radical (unpaired) electrons. The summed E-state index contributed by atoms with van der Waals surface area (Å²) in [6.45, 7) is 0. The van der Waals surface area contributed by atoms with E-state index in [-0.39, 0.29) is 5.88 Å². The van der Waals surface area contributed by atoms with E-state index >= 15 is 0 Å². The first-order chi connectivity index (χ1) is 5.77. The van der Waals surface area contributed by atoms with Crippen LogP contribution < -0.4 is 0 Å². The average molecular weight is 182 g/mol. The van der Waals surface area contributed by atoms with E-state index in [9.17, 15) is 0 Å². The maximum atomic E-state index is 9.05. The highest BCUT2D eigenvalue weighted by Gasteiger charge is 2.01. The van der Waals surface area contributed by atoms with Crippen LogP contribution in [0.4, 0.5) is 0 Å². The molecule has 0 atom stereocenters. The molecule has 0 aliphatic heterocycles. The molecule has 0 saturated carbocycles. The van der Waals surface area contributed by atoms with Gasteiger partial charge in [-0.1, -0.05) is 0 Å². The first kappa shape index (κ1) is 7.11. The number of hydrogen-bond acceptors (Lipinski definition) is 3. The van der Waals surface area contributed by atoms with Crippen LogP contribution in [0, 0.1) is 4.77 Å². The normalized spacial score (nSPS) is 10.3. The predicted molar refractivity (Wildman–Crippen MR) is 44.8 cm³/mol. The Hall–Kier alpha value is -1.56. The topological polar surface area (TPSA) is 69.6 Å². The highest BCUT2D eigenvalue weighted by atomic mass is 32.1. The third-order valence-electron chi connectivity index (χ3n) is 1.42. The van der Waals surface area contributed by atoms with Crippen molar-refractivity contribution >= 4 is 12.2 Å². The number of aromatic nitrogens is 4. The van der Waals surface area contributed by atoms with Crippen LogP contribution in [0.5, 0.6) is 5.88 Å². The van der Waals surface area contributed by atoms with Gasteiger partial charge in [0.05, 0.1) is 6.20 Å². The fourth-order valence-electron chi connectivity index (χ4n) is 0.929. The predicted octanol–water partition coefficient (Wildman–Crippen LogP) is 0.964. The van der Waals surface area contributed by atoms with Gasteiger partial charge in [-0.05, 0) is 12.2 Å². The van der Waals surface area contributed by atoms with Gasteiger partial charge < -0.3 is 15.1 Å². The molecular weight excluding hydrogens is 176 g/mol. The Kier molecular flexibility index (Phi) is 1.47. The van der Waals surface area contributed by atoms with Crippen LogP contribution >= 0.6 is 12.2 Å². The Morgan fingerprint density at radius 1 is 1.58 bits per heavy atom. The zero-order valence-corrected chi connectivity index (χ0v) is 6.80. The number of imidazole rings is 2. The molecule has 62 valence electrons. The Morgan fingerprint density at radius 2 is 2.42 bits per heavy atom. The highest BCUT2D eigenvalue weighted by Crippen LogP contribution is 2.08. The zero-order chi connectivity index (χ0) is 8.55. The van der Waals surface area contributed by atoms with Gasteiger partial charge in [0.1, 0.15) is 0 Å². The van der Waals surface area contributed by atoms with E-state index in [1.54, 1.807) is 17.0 Å². The minimum atomic E-state index is 0.0244. The van der Waals surface area contributed by atoms with Crippen LogP contribution in [-0.2, 0) is 0 Å². The number of rotatable bonds is 1. The van der Waals surface area contributed by atoms with Gasteiger partial charge >= 0.3 is 0 Å². The third-order valence-corrected chi connectivity index (χ3v) is 1.72. The molecule has 2 rings (SSSR count). The van der Waals surface area contributed by atoms with Crippen molar-refractivity contribution in [2.24, 2.45) is 0 Å². The van der Waals surface area contributed by atoms with Crippen molar-refractivity contribution in [3.8, 4) is 11.8 Å². The summed E-state index contributed by atoms with van der Waals surface area (Å²) in [6.07, 6.45) is 4.75. The number of H-pyrrole nitrogens is 2. The molecule has 0 aromatic carbocycles. The number of aromatic amines is 2. The van der Waals surface area contributed by atoms with Crippen LogP contribution in [0.3, 0.4) is 0 Å². The van der Waals surface area contributed by atoms with Gasteiger partial charge in [0.2, 0.25) is 11.8 Å².